The van der Waals surface area contributed by atoms with Crippen LogP contribution in [0.3, 0.4) is 0 Å². The van der Waals surface area contributed by atoms with Crippen molar-refractivity contribution in [2.24, 2.45) is 0 Å². The van der Waals surface area contributed by atoms with Gasteiger partial charge in [-0.15, -0.1) is 0 Å². The Morgan fingerprint density at radius 1 is 1.56 bits per heavy atom. The van der Waals surface area contributed by atoms with Crippen molar-refractivity contribution in [2.45, 2.75) is 0 Å². The molecule has 0 radical (unpaired) electrons. The Morgan fingerprint density at radius 2 is 2.19 bits per heavy atom. The standard InChI is InChI=1S/C9H9FN2O4/c1-11-7-4-8(12(14)15)5(3-6(7)10)9(13)16-2/h3-4,11H,1-2H3. The van der Waals surface area contributed by atoms with E-state index in [0.29, 0.717) is 0 Å². The number of halogens is 1. The lowest BCUT2D eigenvalue weighted by atomic mass is 10.1. The maximum absolute atomic E-state index is 13.3. The molecule has 1 rings (SSSR count). The number of rotatable bonds is 3. The summed E-state index contributed by atoms with van der Waals surface area (Å²) < 4.78 is 17.6. The van der Waals surface area contributed by atoms with E-state index in [2.05, 4.69) is 10.1 Å². The number of carbonyl (C=O) groups is 1. The molecule has 0 amide bonds. The van der Waals surface area contributed by atoms with Crippen LogP contribution in [0.25, 0.3) is 0 Å². The highest BCUT2D eigenvalue weighted by Gasteiger charge is 2.23. The third-order valence-corrected chi connectivity index (χ3v) is 1.96. The monoisotopic (exact) mass is 228 g/mol. The first kappa shape index (κ1) is 11.9. The maximum atomic E-state index is 13.3. The van der Waals surface area contributed by atoms with Gasteiger partial charge in [-0.1, -0.05) is 0 Å². The van der Waals surface area contributed by atoms with Crippen molar-refractivity contribution in [1.82, 2.24) is 0 Å². The fraction of sp³-hybridized carbons (Fsp3) is 0.222. The molecule has 0 unspecified atom stereocenters. The van der Waals surface area contributed by atoms with Crippen molar-refractivity contribution < 1.29 is 18.8 Å². The van der Waals surface area contributed by atoms with Crippen LogP contribution in [0.5, 0.6) is 0 Å². The average molecular weight is 228 g/mol. The van der Waals surface area contributed by atoms with Crippen molar-refractivity contribution in [3.05, 3.63) is 33.6 Å². The van der Waals surface area contributed by atoms with Crippen LogP contribution in [0, 0.1) is 15.9 Å². The molecule has 0 fully saturated rings. The van der Waals surface area contributed by atoms with E-state index < -0.39 is 28.0 Å². The molecule has 0 aliphatic carbocycles. The molecule has 0 bridgehead atoms. The number of nitro groups is 1. The van der Waals surface area contributed by atoms with E-state index >= 15 is 0 Å². The van der Waals surface area contributed by atoms with Crippen molar-refractivity contribution in [3.8, 4) is 0 Å². The highest BCUT2D eigenvalue weighted by molar-refractivity contribution is 5.94. The average Bonchev–Trinajstić information content (AvgIpc) is 2.27. The van der Waals surface area contributed by atoms with E-state index in [-0.39, 0.29) is 5.69 Å². The molecule has 0 aliphatic rings. The molecule has 0 saturated heterocycles. The number of nitrogens with zero attached hydrogens (tertiary/aromatic N) is 1. The number of nitrogens with one attached hydrogen (secondary N) is 1. The van der Waals surface area contributed by atoms with Gasteiger partial charge in [0.15, 0.2) is 0 Å². The lowest BCUT2D eigenvalue weighted by Gasteiger charge is -2.05. The summed E-state index contributed by atoms with van der Waals surface area (Å²) in [6.07, 6.45) is 0. The lowest BCUT2D eigenvalue weighted by molar-refractivity contribution is -0.385. The number of anilines is 1. The van der Waals surface area contributed by atoms with Gasteiger partial charge in [0.25, 0.3) is 5.69 Å². The van der Waals surface area contributed by atoms with Crippen molar-refractivity contribution >= 4 is 17.3 Å². The molecule has 0 aliphatic heterocycles. The van der Waals surface area contributed by atoms with Gasteiger partial charge in [0.1, 0.15) is 11.4 Å². The van der Waals surface area contributed by atoms with E-state index in [1.165, 1.54) is 7.05 Å². The Labute approximate surface area is 90.2 Å². The molecular weight excluding hydrogens is 219 g/mol. The number of esters is 1. The Bertz CT molecular complexity index is 447. The van der Waals surface area contributed by atoms with Crippen LogP contribution in [-0.4, -0.2) is 25.1 Å². The van der Waals surface area contributed by atoms with Gasteiger partial charge in [0.05, 0.1) is 17.7 Å². The predicted molar refractivity (Wildman–Crippen MR) is 53.9 cm³/mol. The Hall–Kier alpha value is -2.18. The van der Waals surface area contributed by atoms with Gasteiger partial charge < -0.3 is 10.1 Å². The van der Waals surface area contributed by atoms with Crippen LogP contribution < -0.4 is 5.32 Å². The number of ether oxygens (including phenoxy) is 1. The van der Waals surface area contributed by atoms with Gasteiger partial charge in [-0.25, -0.2) is 9.18 Å². The fourth-order valence-corrected chi connectivity index (χ4v) is 1.18. The number of methoxy groups -OCH3 is 1. The molecule has 0 saturated carbocycles. The lowest BCUT2D eigenvalue weighted by Crippen LogP contribution is -2.07. The Kier molecular flexibility index (Phi) is 3.39. The van der Waals surface area contributed by atoms with Crippen molar-refractivity contribution in [3.63, 3.8) is 0 Å². The second kappa shape index (κ2) is 4.56. The minimum Gasteiger partial charge on any atom is -0.465 e. The molecule has 1 aromatic rings. The second-order valence-electron chi connectivity index (χ2n) is 2.85. The summed E-state index contributed by atoms with van der Waals surface area (Å²) in [5, 5.41) is 13.1. The topological polar surface area (TPSA) is 81.5 Å². The molecule has 16 heavy (non-hydrogen) atoms. The molecule has 1 N–H and O–H groups in total. The van der Waals surface area contributed by atoms with E-state index in [4.69, 9.17) is 0 Å². The highest BCUT2D eigenvalue weighted by Crippen LogP contribution is 2.26. The third kappa shape index (κ3) is 2.08. The molecule has 1 aromatic carbocycles. The summed E-state index contributed by atoms with van der Waals surface area (Å²) >= 11 is 0. The minimum atomic E-state index is -0.951. The summed E-state index contributed by atoms with van der Waals surface area (Å²) in [6.45, 7) is 0. The van der Waals surface area contributed by atoms with Crippen LogP contribution in [-0.2, 0) is 4.74 Å². The SMILES string of the molecule is CNc1cc([N+](=O)[O-])c(C(=O)OC)cc1F. The summed E-state index contributed by atoms with van der Waals surface area (Å²) in [6, 6.07) is 1.72. The quantitative estimate of drug-likeness (QED) is 0.482. The zero-order valence-corrected chi connectivity index (χ0v) is 8.61. The number of nitro benzene ring substituents is 1. The van der Waals surface area contributed by atoms with Crippen LogP contribution in [0.4, 0.5) is 15.8 Å². The van der Waals surface area contributed by atoms with Gasteiger partial charge in [-0.2, -0.15) is 0 Å². The normalized spacial score (nSPS) is 9.69. The van der Waals surface area contributed by atoms with Crippen LogP contribution in [0.2, 0.25) is 0 Å². The van der Waals surface area contributed by atoms with Gasteiger partial charge in [0, 0.05) is 13.1 Å². The van der Waals surface area contributed by atoms with Crippen LogP contribution in [0.1, 0.15) is 10.4 Å². The molecule has 86 valence electrons. The number of benzene rings is 1. The summed E-state index contributed by atoms with van der Waals surface area (Å²) in [5.41, 5.74) is -0.971. The molecule has 6 nitrogen and oxygen atoms in total. The summed E-state index contributed by atoms with van der Waals surface area (Å²) in [4.78, 5) is 21.1. The largest absolute Gasteiger partial charge is 0.465 e. The van der Waals surface area contributed by atoms with Crippen molar-refractivity contribution in [1.29, 1.82) is 0 Å². The predicted octanol–water partition coefficient (Wildman–Crippen LogP) is 1.56. The molecule has 7 heteroatoms. The molecule has 0 heterocycles. The van der Waals surface area contributed by atoms with Crippen LogP contribution in [0.15, 0.2) is 12.1 Å². The second-order valence-corrected chi connectivity index (χ2v) is 2.85. The maximum Gasteiger partial charge on any atom is 0.345 e. The first-order chi connectivity index (χ1) is 7.51. The highest BCUT2D eigenvalue weighted by atomic mass is 19.1. The summed E-state index contributed by atoms with van der Waals surface area (Å²) in [5.74, 6) is -1.71. The third-order valence-electron chi connectivity index (χ3n) is 1.96. The number of carbonyl (C=O) groups excluding carboxylic acids is 1. The molecule has 0 aromatic heterocycles. The van der Waals surface area contributed by atoms with Gasteiger partial charge in [0.2, 0.25) is 0 Å². The molecule has 0 spiro atoms. The number of hydrogen-bond acceptors (Lipinski definition) is 5. The Morgan fingerprint density at radius 3 is 2.62 bits per heavy atom. The summed E-state index contributed by atoms with van der Waals surface area (Å²) in [7, 11) is 2.48. The van der Waals surface area contributed by atoms with E-state index in [0.717, 1.165) is 19.2 Å². The van der Waals surface area contributed by atoms with E-state index in [1.807, 2.05) is 0 Å². The Balaban J connectivity index is 3.42. The zero-order valence-electron chi connectivity index (χ0n) is 8.61. The van der Waals surface area contributed by atoms with Gasteiger partial charge >= 0.3 is 5.97 Å². The number of hydrogen-bond donors (Lipinski definition) is 1. The molecular formula is C9H9FN2O4. The van der Waals surface area contributed by atoms with E-state index in [9.17, 15) is 19.3 Å². The van der Waals surface area contributed by atoms with E-state index in [1.54, 1.807) is 0 Å². The smallest absolute Gasteiger partial charge is 0.345 e. The zero-order chi connectivity index (χ0) is 12.3. The fourth-order valence-electron chi connectivity index (χ4n) is 1.18. The molecule has 0 atom stereocenters. The van der Waals surface area contributed by atoms with Gasteiger partial charge in [-0.05, 0) is 6.07 Å². The first-order valence-electron chi connectivity index (χ1n) is 4.25. The first-order valence-corrected chi connectivity index (χ1v) is 4.25. The minimum absolute atomic E-state index is 0.0562. The van der Waals surface area contributed by atoms with Gasteiger partial charge in [-0.3, -0.25) is 10.1 Å². The van der Waals surface area contributed by atoms with Crippen molar-refractivity contribution in [2.75, 3.05) is 19.5 Å². The van der Waals surface area contributed by atoms with Crippen LogP contribution >= 0.6 is 0 Å².